The monoisotopic (exact) mass is 424 g/mol. The number of likely N-dealkylation sites (tertiary alicyclic amines) is 1. The van der Waals surface area contributed by atoms with Gasteiger partial charge in [-0.1, -0.05) is 60.7 Å². The van der Waals surface area contributed by atoms with Gasteiger partial charge in [0.1, 0.15) is 5.60 Å². The van der Waals surface area contributed by atoms with Crippen molar-refractivity contribution in [1.29, 1.82) is 0 Å². The molecule has 1 aliphatic rings. The zero-order chi connectivity index (χ0) is 22.1. The summed E-state index contributed by atoms with van der Waals surface area (Å²) in [6.07, 6.45) is 2.59. The zero-order valence-corrected chi connectivity index (χ0v) is 18.1. The van der Waals surface area contributed by atoms with Crippen LogP contribution in [-0.4, -0.2) is 54.2 Å². The van der Waals surface area contributed by atoms with E-state index in [2.05, 4.69) is 5.32 Å². The molecule has 1 saturated heterocycles. The highest BCUT2D eigenvalue weighted by Crippen LogP contribution is 2.40. The molecule has 31 heavy (non-hydrogen) atoms. The number of hydrogen-bond acceptors (Lipinski definition) is 5. The number of carbonyl (C=O) groups excluding carboxylic acids is 2. The van der Waals surface area contributed by atoms with E-state index in [1.807, 2.05) is 65.6 Å². The molecule has 0 spiro atoms. The summed E-state index contributed by atoms with van der Waals surface area (Å²) in [5, 5.41) is 15.1. The van der Waals surface area contributed by atoms with E-state index < -0.39 is 5.60 Å². The van der Waals surface area contributed by atoms with Crippen molar-refractivity contribution in [2.75, 3.05) is 26.2 Å². The van der Waals surface area contributed by atoms with Crippen LogP contribution in [0.4, 0.5) is 0 Å². The number of amides is 1. The van der Waals surface area contributed by atoms with E-state index in [1.165, 1.54) is 0 Å². The minimum absolute atomic E-state index is 0.0331. The first kappa shape index (κ1) is 23.0. The number of ether oxygens (including phenoxy) is 1. The molecule has 0 saturated carbocycles. The Kier molecular flexibility index (Phi) is 8.20. The smallest absolute Gasteiger partial charge is 0.319 e. The van der Waals surface area contributed by atoms with Crippen LogP contribution in [0.15, 0.2) is 60.7 Å². The second kappa shape index (κ2) is 11.1. The van der Waals surface area contributed by atoms with Crippen LogP contribution in [0.2, 0.25) is 0 Å². The van der Waals surface area contributed by atoms with Gasteiger partial charge in [-0.25, -0.2) is 0 Å². The third kappa shape index (κ3) is 5.51. The SMILES string of the molecule is CCOC(=O)CNCCCC(=O)N1CCCC1C(O)(c1ccccc1)c1ccccc1. The standard InChI is InChI=1S/C25H32N2O4/c1-2-31-24(29)19-26-17-9-16-23(28)27-18-10-15-22(27)25(30,20-11-5-3-6-12-20)21-13-7-4-8-14-21/h3-8,11-14,22,26,30H,2,9-10,15-19H2,1H3. The summed E-state index contributed by atoms with van der Waals surface area (Å²) < 4.78 is 4.88. The summed E-state index contributed by atoms with van der Waals surface area (Å²) in [5.41, 5.74) is 0.320. The average molecular weight is 425 g/mol. The normalized spacial score (nSPS) is 16.3. The van der Waals surface area contributed by atoms with E-state index in [4.69, 9.17) is 4.74 Å². The molecule has 1 fully saturated rings. The van der Waals surface area contributed by atoms with Crippen LogP contribution in [0.25, 0.3) is 0 Å². The number of carbonyl (C=O) groups is 2. The van der Waals surface area contributed by atoms with Gasteiger partial charge in [0.2, 0.25) is 5.91 Å². The van der Waals surface area contributed by atoms with Crippen molar-refractivity contribution in [3.63, 3.8) is 0 Å². The van der Waals surface area contributed by atoms with E-state index >= 15 is 0 Å². The Bertz CT molecular complexity index is 802. The maximum absolute atomic E-state index is 13.1. The van der Waals surface area contributed by atoms with Gasteiger partial charge in [-0.3, -0.25) is 9.59 Å². The van der Waals surface area contributed by atoms with Crippen LogP contribution >= 0.6 is 0 Å². The number of aliphatic hydroxyl groups is 1. The van der Waals surface area contributed by atoms with Crippen molar-refractivity contribution in [2.24, 2.45) is 0 Å². The Labute approximate surface area is 184 Å². The molecule has 1 unspecified atom stereocenters. The van der Waals surface area contributed by atoms with Crippen molar-refractivity contribution in [3.05, 3.63) is 71.8 Å². The molecule has 0 aliphatic carbocycles. The summed E-state index contributed by atoms with van der Waals surface area (Å²) >= 11 is 0. The zero-order valence-electron chi connectivity index (χ0n) is 18.1. The number of nitrogens with zero attached hydrogens (tertiary/aromatic N) is 1. The largest absolute Gasteiger partial charge is 0.465 e. The van der Waals surface area contributed by atoms with Crippen molar-refractivity contribution in [2.45, 2.75) is 44.2 Å². The molecular formula is C25H32N2O4. The van der Waals surface area contributed by atoms with Crippen LogP contribution in [0, 0.1) is 0 Å². The van der Waals surface area contributed by atoms with Crippen molar-refractivity contribution in [1.82, 2.24) is 10.2 Å². The molecule has 2 aromatic rings. The number of nitrogens with one attached hydrogen (secondary N) is 1. The quantitative estimate of drug-likeness (QED) is 0.453. The Hall–Kier alpha value is -2.70. The highest BCUT2D eigenvalue weighted by molar-refractivity contribution is 5.77. The topological polar surface area (TPSA) is 78.9 Å². The fraction of sp³-hybridized carbons (Fsp3) is 0.440. The third-order valence-electron chi connectivity index (χ3n) is 5.80. The molecule has 6 heteroatoms. The molecule has 2 N–H and O–H groups in total. The molecule has 3 rings (SSSR count). The third-order valence-corrected chi connectivity index (χ3v) is 5.80. The molecule has 1 amide bonds. The number of hydrogen-bond donors (Lipinski definition) is 2. The Morgan fingerprint density at radius 1 is 1.10 bits per heavy atom. The molecule has 166 valence electrons. The van der Waals surface area contributed by atoms with E-state index in [-0.39, 0.29) is 24.5 Å². The maximum atomic E-state index is 13.1. The molecule has 0 bridgehead atoms. The Morgan fingerprint density at radius 2 is 1.71 bits per heavy atom. The number of esters is 1. The van der Waals surface area contributed by atoms with Crippen LogP contribution in [0.5, 0.6) is 0 Å². The summed E-state index contributed by atoms with van der Waals surface area (Å²) in [5.74, 6) is -0.255. The highest BCUT2D eigenvalue weighted by Gasteiger charge is 2.46. The van der Waals surface area contributed by atoms with Gasteiger partial charge in [0.05, 0.1) is 19.2 Å². The average Bonchev–Trinajstić information content (AvgIpc) is 3.30. The first-order valence-electron chi connectivity index (χ1n) is 11.1. The van der Waals surface area contributed by atoms with Gasteiger partial charge in [-0.2, -0.15) is 0 Å². The lowest BCUT2D eigenvalue weighted by Crippen LogP contribution is -2.50. The minimum atomic E-state index is -1.27. The second-order valence-corrected chi connectivity index (χ2v) is 7.83. The van der Waals surface area contributed by atoms with Crippen LogP contribution < -0.4 is 5.32 Å². The molecule has 1 atom stereocenters. The first-order chi connectivity index (χ1) is 15.1. The molecule has 0 aromatic heterocycles. The van der Waals surface area contributed by atoms with Gasteiger partial charge in [-0.15, -0.1) is 0 Å². The van der Waals surface area contributed by atoms with E-state index in [1.54, 1.807) is 6.92 Å². The van der Waals surface area contributed by atoms with Crippen LogP contribution in [0.1, 0.15) is 43.7 Å². The number of benzene rings is 2. The van der Waals surface area contributed by atoms with Crippen LogP contribution in [-0.2, 0) is 19.9 Å². The van der Waals surface area contributed by atoms with Gasteiger partial charge >= 0.3 is 5.97 Å². The molecule has 1 heterocycles. The van der Waals surface area contributed by atoms with Gasteiger partial charge in [0.25, 0.3) is 0 Å². The Balaban J connectivity index is 1.69. The van der Waals surface area contributed by atoms with E-state index in [0.29, 0.717) is 32.5 Å². The molecule has 6 nitrogen and oxygen atoms in total. The van der Waals surface area contributed by atoms with Gasteiger partial charge in [0, 0.05) is 13.0 Å². The number of rotatable bonds is 10. The van der Waals surface area contributed by atoms with E-state index in [9.17, 15) is 14.7 Å². The summed E-state index contributed by atoms with van der Waals surface area (Å²) in [6.45, 7) is 3.48. The van der Waals surface area contributed by atoms with Gasteiger partial charge < -0.3 is 20.1 Å². The summed E-state index contributed by atoms with van der Waals surface area (Å²) in [6, 6.07) is 18.9. The molecule has 1 aliphatic heterocycles. The van der Waals surface area contributed by atoms with Crippen molar-refractivity contribution < 1.29 is 19.4 Å². The summed E-state index contributed by atoms with van der Waals surface area (Å²) in [7, 11) is 0. The fourth-order valence-corrected chi connectivity index (χ4v) is 4.35. The minimum Gasteiger partial charge on any atom is -0.465 e. The fourth-order valence-electron chi connectivity index (χ4n) is 4.35. The lowest BCUT2D eigenvalue weighted by atomic mass is 9.79. The highest BCUT2D eigenvalue weighted by atomic mass is 16.5. The molecule has 2 aromatic carbocycles. The predicted molar refractivity (Wildman–Crippen MR) is 119 cm³/mol. The molecular weight excluding hydrogens is 392 g/mol. The Morgan fingerprint density at radius 3 is 2.29 bits per heavy atom. The molecule has 0 radical (unpaired) electrons. The first-order valence-corrected chi connectivity index (χ1v) is 11.1. The van der Waals surface area contributed by atoms with Crippen LogP contribution in [0.3, 0.4) is 0 Å². The maximum Gasteiger partial charge on any atom is 0.319 e. The summed E-state index contributed by atoms with van der Waals surface area (Å²) in [4.78, 5) is 26.3. The lowest BCUT2D eigenvalue weighted by molar-refractivity contribution is -0.142. The second-order valence-electron chi connectivity index (χ2n) is 7.83. The van der Waals surface area contributed by atoms with E-state index in [0.717, 1.165) is 24.0 Å². The van der Waals surface area contributed by atoms with Crippen molar-refractivity contribution in [3.8, 4) is 0 Å². The van der Waals surface area contributed by atoms with Gasteiger partial charge in [-0.05, 0) is 43.9 Å². The predicted octanol–water partition coefficient (Wildman–Crippen LogP) is 2.85. The van der Waals surface area contributed by atoms with Gasteiger partial charge in [0.15, 0.2) is 0 Å². The lowest BCUT2D eigenvalue weighted by Gasteiger charge is -2.40. The van der Waals surface area contributed by atoms with Crippen molar-refractivity contribution >= 4 is 11.9 Å².